The predicted molar refractivity (Wildman–Crippen MR) is 110 cm³/mol. The van der Waals surface area contributed by atoms with Gasteiger partial charge < -0.3 is 9.47 Å². The van der Waals surface area contributed by atoms with Gasteiger partial charge in [-0.25, -0.2) is 8.42 Å². The highest BCUT2D eigenvalue weighted by atomic mass is 32.2. The molecule has 2 aliphatic rings. The summed E-state index contributed by atoms with van der Waals surface area (Å²) in [6.07, 6.45) is 1.10. The van der Waals surface area contributed by atoms with E-state index in [-0.39, 0.29) is 0 Å². The number of nitrogens with zero attached hydrogens (tertiary/aromatic N) is 2. The van der Waals surface area contributed by atoms with Gasteiger partial charge in [-0.05, 0) is 54.6 Å². The second-order valence-electron chi connectivity index (χ2n) is 7.10. The van der Waals surface area contributed by atoms with Crippen LogP contribution in [0.5, 0.6) is 5.75 Å². The predicted octanol–water partition coefficient (Wildman–Crippen LogP) is 2.77. The van der Waals surface area contributed by atoms with Crippen LogP contribution >= 0.6 is 11.3 Å². The third kappa shape index (κ3) is 4.11. The highest BCUT2D eigenvalue weighted by Crippen LogP contribution is 2.32. The lowest BCUT2D eigenvalue weighted by Gasteiger charge is -2.33. The molecule has 0 saturated carbocycles. The summed E-state index contributed by atoms with van der Waals surface area (Å²) in [5, 5.41) is 2.17. The monoisotopic (exact) mass is 422 g/mol. The number of rotatable bonds is 6. The van der Waals surface area contributed by atoms with Crippen LogP contribution in [0.15, 0.2) is 40.6 Å². The molecule has 1 aromatic carbocycles. The Morgan fingerprint density at radius 3 is 2.64 bits per heavy atom. The van der Waals surface area contributed by atoms with Gasteiger partial charge in [0.15, 0.2) is 0 Å². The minimum Gasteiger partial charge on any atom is -0.492 e. The van der Waals surface area contributed by atoms with E-state index in [1.807, 2.05) is 11.3 Å². The number of morpholine rings is 1. The van der Waals surface area contributed by atoms with E-state index in [9.17, 15) is 8.42 Å². The maximum atomic E-state index is 12.7. The third-order valence-corrected chi connectivity index (χ3v) is 8.39. The highest BCUT2D eigenvalue weighted by molar-refractivity contribution is 7.89. The molecule has 152 valence electrons. The van der Waals surface area contributed by atoms with Gasteiger partial charge in [0.2, 0.25) is 10.0 Å². The Labute approximate surface area is 170 Å². The summed E-state index contributed by atoms with van der Waals surface area (Å²) >= 11 is 1.85. The van der Waals surface area contributed by atoms with Gasteiger partial charge in [0.25, 0.3) is 0 Å². The number of sulfonamides is 1. The van der Waals surface area contributed by atoms with E-state index >= 15 is 0 Å². The normalized spacial score (nSPS) is 21.4. The topological polar surface area (TPSA) is 59.1 Å². The second kappa shape index (κ2) is 8.51. The molecule has 4 rings (SSSR count). The molecule has 0 radical (unpaired) electrons. The van der Waals surface area contributed by atoms with E-state index in [0.29, 0.717) is 49.6 Å². The smallest absolute Gasteiger partial charge is 0.243 e. The molecule has 1 fully saturated rings. The molecule has 0 spiro atoms. The molecule has 1 atom stereocenters. The van der Waals surface area contributed by atoms with Gasteiger partial charge in [-0.2, -0.15) is 4.31 Å². The van der Waals surface area contributed by atoms with Crippen molar-refractivity contribution in [3.63, 3.8) is 0 Å². The first-order valence-electron chi connectivity index (χ1n) is 9.67. The fourth-order valence-electron chi connectivity index (χ4n) is 3.79. The lowest BCUT2D eigenvalue weighted by molar-refractivity contribution is 0.0730. The van der Waals surface area contributed by atoms with E-state index in [1.54, 1.807) is 24.3 Å². The van der Waals surface area contributed by atoms with Crippen LogP contribution in [0.3, 0.4) is 0 Å². The van der Waals surface area contributed by atoms with Crippen LogP contribution in [0.25, 0.3) is 0 Å². The lowest BCUT2D eigenvalue weighted by atomic mass is 10.0. The molecule has 28 heavy (non-hydrogen) atoms. The van der Waals surface area contributed by atoms with Crippen LogP contribution < -0.4 is 4.74 Å². The number of hydrogen-bond acceptors (Lipinski definition) is 6. The van der Waals surface area contributed by atoms with Gasteiger partial charge in [-0.1, -0.05) is 0 Å². The largest absolute Gasteiger partial charge is 0.492 e. The molecule has 2 aromatic rings. The molecule has 1 aromatic heterocycles. The molecule has 0 N–H and O–H groups in total. The molecule has 0 unspecified atom stereocenters. The molecule has 0 bridgehead atoms. The first-order valence-corrected chi connectivity index (χ1v) is 12.0. The van der Waals surface area contributed by atoms with Gasteiger partial charge in [0.05, 0.1) is 18.1 Å². The van der Waals surface area contributed by atoms with E-state index in [0.717, 1.165) is 19.5 Å². The minimum absolute atomic E-state index is 0.302. The maximum Gasteiger partial charge on any atom is 0.243 e. The maximum absolute atomic E-state index is 12.7. The lowest BCUT2D eigenvalue weighted by Crippen LogP contribution is -2.40. The summed E-state index contributed by atoms with van der Waals surface area (Å²) in [6, 6.07) is 9.38. The van der Waals surface area contributed by atoms with Crippen molar-refractivity contribution in [2.75, 3.05) is 46.0 Å². The van der Waals surface area contributed by atoms with Gasteiger partial charge in [0.1, 0.15) is 12.4 Å². The zero-order valence-corrected chi connectivity index (χ0v) is 17.7. The van der Waals surface area contributed by atoms with Crippen molar-refractivity contribution < 1.29 is 17.9 Å². The van der Waals surface area contributed by atoms with Crippen LogP contribution in [0.2, 0.25) is 0 Å². The quantitative estimate of drug-likeness (QED) is 0.717. The van der Waals surface area contributed by atoms with Crippen molar-refractivity contribution in [3.05, 3.63) is 46.2 Å². The average molecular weight is 423 g/mol. The van der Waals surface area contributed by atoms with Crippen molar-refractivity contribution >= 4 is 21.4 Å². The van der Waals surface area contributed by atoms with Crippen molar-refractivity contribution in [3.8, 4) is 5.75 Å². The Balaban J connectivity index is 1.31. The summed E-state index contributed by atoms with van der Waals surface area (Å²) in [7, 11) is -3.46. The van der Waals surface area contributed by atoms with Crippen molar-refractivity contribution in [2.24, 2.45) is 0 Å². The zero-order chi connectivity index (χ0) is 19.6. The number of ether oxygens (including phenoxy) is 2. The SMILES string of the molecule is C[C@H]1c2ccsc2CCN1CCOc1ccc(S(=O)(=O)N2CCOCC2)cc1. The van der Waals surface area contributed by atoms with Crippen LogP contribution in [-0.2, 0) is 21.2 Å². The summed E-state index contributed by atoms with van der Waals surface area (Å²) < 4.78 is 37.9. The average Bonchev–Trinajstić information content (AvgIpc) is 3.20. The molecule has 1 saturated heterocycles. The van der Waals surface area contributed by atoms with E-state index in [2.05, 4.69) is 23.3 Å². The Morgan fingerprint density at radius 2 is 1.89 bits per heavy atom. The van der Waals surface area contributed by atoms with Crippen molar-refractivity contribution in [1.82, 2.24) is 9.21 Å². The van der Waals surface area contributed by atoms with Crippen LogP contribution in [0.1, 0.15) is 23.4 Å². The molecule has 3 heterocycles. The Morgan fingerprint density at radius 1 is 1.14 bits per heavy atom. The number of fused-ring (bicyclic) bond motifs is 1. The first kappa shape index (κ1) is 19.8. The summed E-state index contributed by atoms with van der Waals surface area (Å²) in [5.41, 5.74) is 1.44. The van der Waals surface area contributed by atoms with Crippen LogP contribution in [-0.4, -0.2) is 63.6 Å². The van der Waals surface area contributed by atoms with E-state index < -0.39 is 10.0 Å². The fourth-order valence-corrected chi connectivity index (χ4v) is 6.16. The first-order chi connectivity index (χ1) is 13.6. The van der Waals surface area contributed by atoms with Gasteiger partial charge in [0, 0.05) is 37.1 Å². The van der Waals surface area contributed by atoms with E-state index in [1.165, 1.54) is 14.7 Å². The molecule has 6 nitrogen and oxygen atoms in total. The molecule has 0 amide bonds. The van der Waals surface area contributed by atoms with Crippen LogP contribution in [0.4, 0.5) is 0 Å². The van der Waals surface area contributed by atoms with Gasteiger partial charge >= 0.3 is 0 Å². The Hall–Kier alpha value is -1.45. The van der Waals surface area contributed by atoms with Crippen LogP contribution in [0, 0.1) is 0 Å². The molecular formula is C20H26N2O4S2. The second-order valence-corrected chi connectivity index (χ2v) is 10.0. The summed E-state index contributed by atoms with van der Waals surface area (Å²) in [5.74, 6) is 0.696. The fraction of sp³-hybridized carbons (Fsp3) is 0.500. The molecule has 0 aliphatic carbocycles. The van der Waals surface area contributed by atoms with Crippen molar-refractivity contribution in [1.29, 1.82) is 0 Å². The summed E-state index contributed by atoms with van der Waals surface area (Å²) in [4.78, 5) is 4.24. The van der Waals surface area contributed by atoms with Gasteiger partial charge in [-0.15, -0.1) is 11.3 Å². The number of benzene rings is 1. The minimum atomic E-state index is -3.46. The summed E-state index contributed by atoms with van der Waals surface area (Å²) in [6.45, 7) is 6.43. The van der Waals surface area contributed by atoms with Crippen molar-refractivity contribution in [2.45, 2.75) is 24.3 Å². The zero-order valence-electron chi connectivity index (χ0n) is 16.0. The molecule has 8 heteroatoms. The standard InChI is InChI=1S/C20H26N2O4S2/c1-16-19-7-15-27-20(19)6-8-21(16)9-14-26-17-2-4-18(5-3-17)28(23,24)22-10-12-25-13-11-22/h2-5,7,15-16H,6,8-14H2,1H3/t16-/m0/s1. The Bertz CT molecular complexity index is 889. The molecule has 2 aliphatic heterocycles. The number of hydrogen-bond donors (Lipinski definition) is 0. The molecular weight excluding hydrogens is 396 g/mol. The highest BCUT2D eigenvalue weighted by Gasteiger charge is 2.26. The number of thiophene rings is 1. The van der Waals surface area contributed by atoms with E-state index in [4.69, 9.17) is 9.47 Å². The third-order valence-electron chi connectivity index (χ3n) is 5.48. The Kier molecular flexibility index (Phi) is 6.03. The van der Waals surface area contributed by atoms with Gasteiger partial charge in [-0.3, -0.25) is 4.90 Å².